The maximum Gasteiger partial charge on any atom is 0.237 e. The Balaban J connectivity index is 2.33. The fourth-order valence-corrected chi connectivity index (χ4v) is 2.00. The summed E-state index contributed by atoms with van der Waals surface area (Å²) < 4.78 is 0. The molecule has 0 saturated heterocycles. The average molecular weight is 293 g/mol. The van der Waals surface area contributed by atoms with E-state index < -0.39 is 6.04 Å². The average Bonchev–Trinajstić information content (AvgIpc) is 2.48. The van der Waals surface area contributed by atoms with Gasteiger partial charge in [0.05, 0.1) is 6.04 Å². The van der Waals surface area contributed by atoms with Gasteiger partial charge in [0.1, 0.15) is 5.75 Å². The van der Waals surface area contributed by atoms with Gasteiger partial charge in [-0.2, -0.15) is 0 Å². The van der Waals surface area contributed by atoms with Crippen LogP contribution in [0, 0.1) is 0 Å². The molecule has 1 aromatic carbocycles. The van der Waals surface area contributed by atoms with E-state index in [0.29, 0.717) is 19.0 Å². The second-order valence-corrected chi connectivity index (χ2v) is 5.51. The highest BCUT2D eigenvalue weighted by atomic mass is 16.3. The number of amides is 1. The van der Waals surface area contributed by atoms with Crippen molar-refractivity contribution in [1.29, 1.82) is 0 Å². The summed E-state index contributed by atoms with van der Waals surface area (Å²) in [4.78, 5) is 14.1. The van der Waals surface area contributed by atoms with Crippen molar-refractivity contribution in [2.75, 3.05) is 20.1 Å². The Morgan fingerprint density at radius 1 is 1.38 bits per heavy atom. The van der Waals surface area contributed by atoms with Gasteiger partial charge >= 0.3 is 0 Å². The van der Waals surface area contributed by atoms with Gasteiger partial charge in [0.15, 0.2) is 0 Å². The molecule has 1 aromatic rings. The Morgan fingerprint density at radius 3 is 2.57 bits per heavy atom. The molecule has 5 heteroatoms. The van der Waals surface area contributed by atoms with Crippen molar-refractivity contribution in [2.45, 2.75) is 38.8 Å². The molecule has 0 aliphatic heterocycles. The SMILES string of the molecule is CCC(C)N(C)CCNC(=O)[C@@H](N)Cc1ccc(O)cc1. The predicted molar refractivity (Wildman–Crippen MR) is 85.2 cm³/mol. The van der Waals surface area contributed by atoms with Crippen LogP contribution in [-0.2, 0) is 11.2 Å². The van der Waals surface area contributed by atoms with E-state index >= 15 is 0 Å². The van der Waals surface area contributed by atoms with E-state index in [0.717, 1.165) is 18.5 Å². The summed E-state index contributed by atoms with van der Waals surface area (Å²) in [6, 6.07) is 6.69. The van der Waals surface area contributed by atoms with Gasteiger partial charge in [0.25, 0.3) is 0 Å². The Labute approximate surface area is 127 Å². The fraction of sp³-hybridized carbons (Fsp3) is 0.562. The number of nitrogens with zero attached hydrogens (tertiary/aromatic N) is 1. The van der Waals surface area contributed by atoms with Gasteiger partial charge in [-0.05, 0) is 44.5 Å². The minimum atomic E-state index is -0.566. The number of benzene rings is 1. The highest BCUT2D eigenvalue weighted by Crippen LogP contribution is 2.10. The number of aromatic hydroxyl groups is 1. The summed E-state index contributed by atoms with van der Waals surface area (Å²) in [5.74, 6) is 0.0745. The third-order valence-electron chi connectivity index (χ3n) is 3.84. The highest BCUT2D eigenvalue weighted by Gasteiger charge is 2.14. The molecule has 0 spiro atoms. The molecule has 0 fully saturated rings. The van der Waals surface area contributed by atoms with Crippen LogP contribution in [0.2, 0.25) is 0 Å². The molecule has 0 aromatic heterocycles. The molecule has 0 aliphatic rings. The summed E-state index contributed by atoms with van der Waals surface area (Å²) in [7, 11) is 2.05. The third-order valence-corrected chi connectivity index (χ3v) is 3.84. The van der Waals surface area contributed by atoms with Crippen LogP contribution in [0.5, 0.6) is 5.75 Å². The topological polar surface area (TPSA) is 78.6 Å². The predicted octanol–water partition coefficient (Wildman–Crippen LogP) is 1.11. The van der Waals surface area contributed by atoms with Crippen molar-refractivity contribution >= 4 is 5.91 Å². The molecule has 1 unspecified atom stereocenters. The van der Waals surface area contributed by atoms with Crippen LogP contribution in [0.4, 0.5) is 0 Å². The van der Waals surface area contributed by atoms with Crippen LogP contribution < -0.4 is 11.1 Å². The van der Waals surface area contributed by atoms with Crippen molar-refractivity contribution < 1.29 is 9.90 Å². The lowest BCUT2D eigenvalue weighted by molar-refractivity contribution is -0.122. The van der Waals surface area contributed by atoms with Crippen molar-refractivity contribution in [3.05, 3.63) is 29.8 Å². The van der Waals surface area contributed by atoms with E-state index in [2.05, 4.69) is 31.1 Å². The first-order valence-corrected chi connectivity index (χ1v) is 7.45. The van der Waals surface area contributed by atoms with Crippen LogP contribution in [0.1, 0.15) is 25.8 Å². The summed E-state index contributed by atoms with van der Waals surface area (Å²) in [5, 5.41) is 12.1. The van der Waals surface area contributed by atoms with Gasteiger partial charge in [-0.1, -0.05) is 19.1 Å². The second-order valence-electron chi connectivity index (χ2n) is 5.51. The number of hydrogen-bond acceptors (Lipinski definition) is 4. The van der Waals surface area contributed by atoms with Gasteiger partial charge in [-0.3, -0.25) is 4.79 Å². The monoisotopic (exact) mass is 293 g/mol. The van der Waals surface area contributed by atoms with Gasteiger partial charge in [-0.25, -0.2) is 0 Å². The fourth-order valence-electron chi connectivity index (χ4n) is 2.00. The minimum absolute atomic E-state index is 0.138. The largest absolute Gasteiger partial charge is 0.508 e. The van der Waals surface area contributed by atoms with Crippen molar-refractivity contribution in [3.8, 4) is 5.75 Å². The Morgan fingerprint density at radius 2 is 2.00 bits per heavy atom. The van der Waals surface area contributed by atoms with Crippen molar-refractivity contribution in [3.63, 3.8) is 0 Å². The van der Waals surface area contributed by atoms with E-state index in [1.54, 1.807) is 24.3 Å². The van der Waals surface area contributed by atoms with Crippen molar-refractivity contribution in [1.82, 2.24) is 10.2 Å². The smallest absolute Gasteiger partial charge is 0.237 e. The number of carbonyl (C=O) groups excluding carboxylic acids is 1. The van der Waals surface area contributed by atoms with E-state index in [9.17, 15) is 9.90 Å². The first-order chi connectivity index (χ1) is 9.93. The van der Waals surface area contributed by atoms with E-state index in [1.807, 2.05) is 0 Å². The van der Waals surface area contributed by atoms with Crippen LogP contribution >= 0.6 is 0 Å². The standard InChI is InChI=1S/C16H27N3O2/c1-4-12(2)19(3)10-9-18-16(21)15(17)11-13-5-7-14(20)8-6-13/h5-8,12,15,20H,4,9-11,17H2,1-3H3,(H,18,21)/t12?,15-/m0/s1. The lowest BCUT2D eigenvalue weighted by Crippen LogP contribution is -2.45. The zero-order valence-electron chi connectivity index (χ0n) is 13.2. The molecule has 0 radical (unpaired) electrons. The quantitative estimate of drug-likeness (QED) is 0.671. The Bertz CT molecular complexity index is 434. The molecule has 0 heterocycles. The Kier molecular flexibility index (Phi) is 7.19. The Hall–Kier alpha value is -1.59. The molecule has 1 rings (SSSR count). The van der Waals surface area contributed by atoms with Crippen LogP contribution in [0.15, 0.2) is 24.3 Å². The van der Waals surface area contributed by atoms with E-state index in [-0.39, 0.29) is 11.7 Å². The van der Waals surface area contributed by atoms with Gasteiger partial charge in [-0.15, -0.1) is 0 Å². The van der Waals surface area contributed by atoms with Gasteiger partial charge in [0.2, 0.25) is 5.91 Å². The zero-order chi connectivity index (χ0) is 15.8. The number of carbonyl (C=O) groups is 1. The summed E-state index contributed by atoms with van der Waals surface area (Å²) in [6.45, 7) is 5.72. The van der Waals surface area contributed by atoms with E-state index in [4.69, 9.17) is 5.73 Å². The molecule has 1 amide bonds. The molecule has 4 N–H and O–H groups in total. The number of nitrogens with one attached hydrogen (secondary N) is 1. The molecular formula is C16H27N3O2. The normalized spacial score (nSPS) is 14.0. The number of rotatable bonds is 8. The van der Waals surface area contributed by atoms with Crippen LogP contribution in [-0.4, -0.2) is 48.1 Å². The number of likely N-dealkylation sites (N-methyl/N-ethyl adjacent to an activating group) is 1. The first kappa shape index (κ1) is 17.5. The molecular weight excluding hydrogens is 266 g/mol. The summed E-state index contributed by atoms with van der Waals surface area (Å²) >= 11 is 0. The van der Waals surface area contributed by atoms with Crippen LogP contribution in [0.3, 0.4) is 0 Å². The number of phenols is 1. The lowest BCUT2D eigenvalue weighted by atomic mass is 10.1. The molecule has 5 nitrogen and oxygen atoms in total. The first-order valence-electron chi connectivity index (χ1n) is 7.45. The molecule has 0 saturated carbocycles. The molecule has 0 bridgehead atoms. The highest BCUT2D eigenvalue weighted by molar-refractivity contribution is 5.81. The maximum absolute atomic E-state index is 11.9. The van der Waals surface area contributed by atoms with Gasteiger partial charge in [0, 0.05) is 19.1 Å². The summed E-state index contributed by atoms with van der Waals surface area (Å²) in [5.41, 5.74) is 6.84. The third kappa shape index (κ3) is 6.14. The van der Waals surface area contributed by atoms with E-state index in [1.165, 1.54) is 0 Å². The summed E-state index contributed by atoms with van der Waals surface area (Å²) in [6.07, 6.45) is 1.55. The molecule has 118 valence electrons. The van der Waals surface area contributed by atoms with Gasteiger partial charge < -0.3 is 21.1 Å². The number of hydrogen-bond donors (Lipinski definition) is 3. The molecule has 21 heavy (non-hydrogen) atoms. The molecule has 2 atom stereocenters. The number of phenolic OH excluding ortho intramolecular Hbond substituents is 1. The lowest BCUT2D eigenvalue weighted by Gasteiger charge is -2.23. The minimum Gasteiger partial charge on any atom is -0.508 e. The maximum atomic E-state index is 11.9. The molecule has 0 aliphatic carbocycles. The van der Waals surface area contributed by atoms with Crippen LogP contribution in [0.25, 0.3) is 0 Å². The number of nitrogens with two attached hydrogens (primary N) is 1. The van der Waals surface area contributed by atoms with Crippen molar-refractivity contribution in [2.24, 2.45) is 5.73 Å². The zero-order valence-corrected chi connectivity index (χ0v) is 13.2. The second kappa shape index (κ2) is 8.64.